The molecule has 0 bridgehead atoms. The Morgan fingerprint density at radius 1 is 1.07 bits per heavy atom. The molecule has 2 aromatic heterocycles. The van der Waals surface area contributed by atoms with Crippen LogP contribution in [0, 0.1) is 39.9 Å². The van der Waals surface area contributed by atoms with Crippen LogP contribution in [0.3, 0.4) is 0 Å². The van der Waals surface area contributed by atoms with E-state index in [1.165, 1.54) is 0 Å². The summed E-state index contributed by atoms with van der Waals surface area (Å²) in [5, 5.41) is 34.5. The number of rotatable bonds is 3. The summed E-state index contributed by atoms with van der Waals surface area (Å²) in [4.78, 5) is 8.50. The lowest BCUT2D eigenvalue weighted by Crippen LogP contribution is -2.42. The predicted octanol–water partition coefficient (Wildman–Crippen LogP) is 2.66. The Morgan fingerprint density at radius 2 is 1.79 bits per heavy atom. The Kier molecular flexibility index (Phi) is 7.20. The van der Waals surface area contributed by atoms with Crippen molar-refractivity contribution in [3.8, 4) is 18.2 Å². The Balaban J connectivity index is 0.000000941. The first-order valence-corrected chi connectivity index (χ1v) is 8.90. The molecule has 0 radical (unpaired) electrons. The molecule has 1 aliphatic heterocycles. The van der Waals surface area contributed by atoms with Gasteiger partial charge in [0.05, 0.1) is 34.6 Å². The summed E-state index contributed by atoms with van der Waals surface area (Å²) in [6, 6.07) is 15.2. The highest BCUT2D eigenvalue weighted by atomic mass is 15.0. The molecule has 0 spiro atoms. The molecule has 0 aromatic carbocycles. The zero-order chi connectivity index (χ0) is 21.3. The summed E-state index contributed by atoms with van der Waals surface area (Å²) in [6.07, 6.45) is 6.91. The van der Waals surface area contributed by atoms with Gasteiger partial charge in [-0.2, -0.15) is 15.8 Å². The third-order valence-corrected chi connectivity index (χ3v) is 4.23. The largest absolute Gasteiger partial charge is 0.373 e. The van der Waals surface area contributed by atoms with E-state index in [4.69, 9.17) is 0 Å². The van der Waals surface area contributed by atoms with Crippen LogP contribution in [0.25, 0.3) is 5.57 Å². The number of hydrogen-bond acceptors (Lipinski definition) is 7. The topological polar surface area (TPSA) is 121 Å². The van der Waals surface area contributed by atoms with Crippen molar-refractivity contribution < 1.29 is 0 Å². The smallest absolute Gasteiger partial charge is 0.173 e. The van der Waals surface area contributed by atoms with E-state index in [0.29, 0.717) is 11.3 Å². The van der Waals surface area contributed by atoms with E-state index >= 15 is 0 Å². The van der Waals surface area contributed by atoms with Crippen LogP contribution in [-0.4, -0.2) is 24.1 Å². The standard InChI is InChI=1S/C20H14N6.C2H7N/c1-20(15-5-4-7-24-13-15)9-16(18-6-2-3-8-25-18)17(12-23)19(26-20)14(10-21)11-22;1-3-2/h2-9,13-14,26H,1H3;3H,1-2H3. The van der Waals surface area contributed by atoms with Crippen molar-refractivity contribution in [3.63, 3.8) is 0 Å². The molecule has 0 saturated carbocycles. The third kappa shape index (κ3) is 4.65. The fourth-order valence-electron chi connectivity index (χ4n) is 2.93. The maximum absolute atomic E-state index is 9.73. The van der Waals surface area contributed by atoms with Crippen LogP contribution in [0.5, 0.6) is 0 Å². The lowest BCUT2D eigenvalue weighted by Gasteiger charge is -2.36. The summed E-state index contributed by atoms with van der Waals surface area (Å²) in [6.45, 7) is 1.91. The fraction of sp³-hybridized carbons (Fsp3) is 0.227. The van der Waals surface area contributed by atoms with Gasteiger partial charge in [-0.3, -0.25) is 9.97 Å². The zero-order valence-corrected chi connectivity index (χ0v) is 16.5. The van der Waals surface area contributed by atoms with Gasteiger partial charge in [0.15, 0.2) is 5.92 Å². The van der Waals surface area contributed by atoms with Gasteiger partial charge < -0.3 is 10.6 Å². The van der Waals surface area contributed by atoms with Crippen LogP contribution in [-0.2, 0) is 5.54 Å². The maximum Gasteiger partial charge on any atom is 0.173 e. The number of pyridine rings is 2. The molecular weight excluding hydrogens is 362 g/mol. The first-order chi connectivity index (χ1) is 14.0. The van der Waals surface area contributed by atoms with E-state index in [1.54, 1.807) is 30.7 Å². The lowest BCUT2D eigenvalue weighted by atomic mass is 9.81. The maximum atomic E-state index is 9.73. The average molecular weight is 383 g/mol. The van der Waals surface area contributed by atoms with Crippen molar-refractivity contribution in [2.45, 2.75) is 12.5 Å². The summed E-state index contributed by atoms with van der Waals surface area (Å²) < 4.78 is 0. The molecule has 2 aromatic rings. The van der Waals surface area contributed by atoms with Crippen molar-refractivity contribution in [3.05, 3.63) is 77.5 Å². The van der Waals surface area contributed by atoms with Gasteiger partial charge in [-0.1, -0.05) is 12.1 Å². The molecule has 1 unspecified atom stereocenters. The number of aromatic nitrogens is 2. The molecule has 1 atom stereocenters. The third-order valence-electron chi connectivity index (χ3n) is 4.23. The minimum atomic E-state index is -1.09. The molecule has 3 heterocycles. The summed E-state index contributed by atoms with van der Waals surface area (Å²) in [7, 11) is 3.75. The molecule has 0 amide bonds. The van der Waals surface area contributed by atoms with Crippen LogP contribution in [0.15, 0.2) is 66.3 Å². The Bertz CT molecular complexity index is 1010. The van der Waals surface area contributed by atoms with E-state index in [2.05, 4.69) is 26.7 Å². The molecule has 7 heteroatoms. The quantitative estimate of drug-likeness (QED) is 0.835. The van der Waals surface area contributed by atoms with Gasteiger partial charge in [-0.25, -0.2) is 0 Å². The van der Waals surface area contributed by atoms with Gasteiger partial charge in [-0.15, -0.1) is 0 Å². The Morgan fingerprint density at radius 3 is 2.31 bits per heavy atom. The van der Waals surface area contributed by atoms with Crippen molar-refractivity contribution in [2.75, 3.05) is 14.1 Å². The number of allylic oxidation sites excluding steroid dienone is 3. The monoisotopic (exact) mass is 383 g/mol. The zero-order valence-electron chi connectivity index (χ0n) is 16.5. The fourth-order valence-corrected chi connectivity index (χ4v) is 2.93. The molecule has 29 heavy (non-hydrogen) atoms. The molecule has 3 rings (SSSR count). The van der Waals surface area contributed by atoms with Crippen LogP contribution in [0.1, 0.15) is 18.2 Å². The molecule has 0 fully saturated rings. The van der Waals surface area contributed by atoms with E-state index in [-0.39, 0.29) is 11.3 Å². The molecule has 2 N–H and O–H groups in total. The van der Waals surface area contributed by atoms with Gasteiger partial charge in [0, 0.05) is 24.2 Å². The summed E-state index contributed by atoms with van der Waals surface area (Å²) in [5.41, 5.74) is 1.82. The van der Waals surface area contributed by atoms with E-state index in [9.17, 15) is 15.8 Å². The molecule has 1 aliphatic rings. The van der Waals surface area contributed by atoms with Crippen molar-refractivity contribution in [2.24, 2.45) is 5.92 Å². The van der Waals surface area contributed by atoms with Gasteiger partial charge in [0.1, 0.15) is 6.07 Å². The second kappa shape index (κ2) is 9.80. The van der Waals surface area contributed by atoms with Crippen LogP contribution >= 0.6 is 0 Å². The summed E-state index contributed by atoms with van der Waals surface area (Å²) in [5.74, 6) is -1.09. The van der Waals surface area contributed by atoms with E-state index in [0.717, 1.165) is 5.56 Å². The number of dihydropyridines is 1. The first kappa shape index (κ1) is 21.3. The molecular formula is C22H21N7. The highest BCUT2D eigenvalue weighted by molar-refractivity contribution is 5.84. The van der Waals surface area contributed by atoms with Gasteiger partial charge in [0.25, 0.3) is 0 Å². The van der Waals surface area contributed by atoms with Gasteiger partial charge >= 0.3 is 0 Å². The van der Waals surface area contributed by atoms with Gasteiger partial charge in [0.2, 0.25) is 0 Å². The van der Waals surface area contributed by atoms with Crippen molar-refractivity contribution in [1.29, 1.82) is 15.8 Å². The molecule has 0 aliphatic carbocycles. The second-order valence-electron chi connectivity index (χ2n) is 6.43. The highest BCUT2D eigenvalue weighted by Crippen LogP contribution is 2.38. The van der Waals surface area contributed by atoms with E-state index in [1.807, 2.05) is 57.4 Å². The van der Waals surface area contributed by atoms with Crippen LogP contribution in [0.4, 0.5) is 0 Å². The second-order valence-corrected chi connectivity index (χ2v) is 6.43. The molecule has 7 nitrogen and oxygen atoms in total. The SMILES string of the molecule is CC1(c2cccnc2)C=C(c2ccccn2)C(C#N)=C(C(C#N)C#N)N1.CNC. The number of nitriles is 3. The van der Waals surface area contributed by atoms with Gasteiger partial charge in [-0.05, 0) is 50.9 Å². The van der Waals surface area contributed by atoms with E-state index < -0.39 is 11.5 Å². The number of hydrogen-bond donors (Lipinski definition) is 2. The van der Waals surface area contributed by atoms with Crippen molar-refractivity contribution in [1.82, 2.24) is 20.6 Å². The molecule has 0 saturated heterocycles. The van der Waals surface area contributed by atoms with Crippen LogP contribution in [0.2, 0.25) is 0 Å². The highest BCUT2D eigenvalue weighted by Gasteiger charge is 2.36. The van der Waals surface area contributed by atoms with Crippen LogP contribution < -0.4 is 10.6 Å². The number of nitrogens with one attached hydrogen (secondary N) is 2. The summed E-state index contributed by atoms with van der Waals surface area (Å²) >= 11 is 0. The Hall–Kier alpha value is -3.99. The normalized spacial score (nSPS) is 17.6. The number of nitrogens with zero attached hydrogens (tertiary/aromatic N) is 5. The molecule has 144 valence electrons. The predicted molar refractivity (Wildman–Crippen MR) is 109 cm³/mol. The van der Waals surface area contributed by atoms with Crippen molar-refractivity contribution >= 4 is 5.57 Å². The minimum absolute atomic E-state index is 0.248. The average Bonchev–Trinajstić information content (AvgIpc) is 2.76. The Labute approximate surface area is 170 Å². The minimum Gasteiger partial charge on any atom is -0.373 e. The lowest BCUT2D eigenvalue weighted by molar-refractivity contribution is 0.484. The first-order valence-electron chi connectivity index (χ1n) is 8.90.